The Bertz CT molecular complexity index is 637. The van der Waals surface area contributed by atoms with Crippen LogP contribution < -0.4 is 0 Å². The lowest BCUT2D eigenvalue weighted by molar-refractivity contribution is -0.178. The van der Waals surface area contributed by atoms with E-state index in [9.17, 15) is 9.59 Å². The molecule has 0 unspecified atom stereocenters. The highest BCUT2D eigenvalue weighted by molar-refractivity contribution is 6.39. The number of ether oxygens (including phenoxy) is 1. The van der Waals surface area contributed by atoms with Crippen molar-refractivity contribution in [2.75, 3.05) is 0 Å². The van der Waals surface area contributed by atoms with Crippen LogP contribution in [0.3, 0.4) is 0 Å². The van der Waals surface area contributed by atoms with Crippen molar-refractivity contribution in [1.29, 1.82) is 0 Å². The summed E-state index contributed by atoms with van der Waals surface area (Å²) in [4.78, 5) is 25.0. The van der Waals surface area contributed by atoms with E-state index in [0.29, 0.717) is 29.8 Å². The zero-order valence-corrected chi connectivity index (χ0v) is 14.8. The average Bonchev–Trinajstić information content (AvgIpc) is 3.14. The van der Waals surface area contributed by atoms with Crippen molar-refractivity contribution >= 4 is 11.6 Å². The molecule has 4 saturated carbocycles. The quantitative estimate of drug-likeness (QED) is 0.507. The van der Waals surface area contributed by atoms with Crippen LogP contribution in [0.2, 0.25) is 0 Å². The van der Waals surface area contributed by atoms with Gasteiger partial charge in [-0.1, -0.05) is 20.8 Å². The molecule has 2 bridgehead atoms. The van der Waals surface area contributed by atoms with Crippen LogP contribution in [-0.4, -0.2) is 23.3 Å². The van der Waals surface area contributed by atoms with E-state index >= 15 is 0 Å². The average molecular weight is 316 g/mol. The summed E-state index contributed by atoms with van der Waals surface area (Å²) in [5.41, 5.74) is -0.0919. The van der Waals surface area contributed by atoms with Crippen LogP contribution in [0.1, 0.15) is 66.2 Å². The number of Topliss-reactive ketones (excluding diaryl/α,β-unsaturated/α-hetero) is 2. The van der Waals surface area contributed by atoms with Crippen molar-refractivity contribution in [3.8, 4) is 0 Å². The Morgan fingerprint density at radius 1 is 1.00 bits per heavy atom. The van der Waals surface area contributed by atoms with Crippen LogP contribution in [0.15, 0.2) is 0 Å². The highest BCUT2D eigenvalue weighted by Crippen LogP contribution is 2.77. The molecule has 0 amide bonds. The van der Waals surface area contributed by atoms with Gasteiger partial charge in [0.25, 0.3) is 0 Å². The van der Waals surface area contributed by atoms with E-state index in [4.69, 9.17) is 4.74 Å². The number of hydrogen-bond acceptors (Lipinski definition) is 3. The van der Waals surface area contributed by atoms with Gasteiger partial charge < -0.3 is 4.74 Å². The Balaban J connectivity index is 1.61. The SMILES string of the molecule is CC1(C)C(=O)C(=O)C[C@]2(C)[C@@H]1CC[C@@]13C[C@@H](CC[C@@H]21)[C@]1(C)O[C@H]31. The number of hydrogen-bond donors (Lipinski definition) is 0. The van der Waals surface area contributed by atoms with Crippen molar-refractivity contribution in [2.45, 2.75) is 77.9 Å². The summed E-state index contributed by atoms with van der Waals surface area (Å²) in [6, 6.07) is 0. The Morgan fingerprint density at radius 2 is 1.74 bits per heavy atom. The van der Waals surface area contributed by atoms with Gasteiger partial charge in [-0.3, -0.25) is 9.59 Å². The second-order valence-electron chi connectivity index (χ2n) is 10.2. The van der Waals surface area contributed by atoms with Crippen LogP contribution in [0, 0.1) is 34.0 Å². The molecule has 1 heterocycles. The summed E-state index contributed by atoms with van der Waals surface area (Å²) < 4.78 is 6.24. The molecule has 0 aromatic carbocycles. The van der Waals surface area contributed by atoms with Gasteiger partial charge in [0, 0.05) is 17.3 Å². The molecule has 0 aromatic rings. The van der Waals surface area contributed by atoms with Crippen LogP contribution in [0.25, 0.3) is 0 Å². The van der Waals surface area contributed by atoms with Gasteiger partial charge in [-0.05, 0) is 62.2 Å². The van der Waals surface area contributed by atoms with Crippen molar-refractivity contribution in [3.63, 3.8) is 0 Å². The maximum atomic E-state index is 12.5. The Morgan fingerprint density at radius 3 is 2.48 bits per heavy atom. The summed E-state index contributed by atoms with van der Waals surface area (Å²) >= 11 is 0. The number of carbonyl (C=O) groups is 2. The third-order valence-electron chi connectivity index (χ3n) is 9.03. The molecule has 1 spiro atoms. The number of ketones is 2. The van der Waals surface area contributed by atoms with E-state index in [0.717, 1.165) is 12.3 Å². The standard InChI is InChI=1S/C20H28O3/c1-17(2)13-7-8-20-9-11(19(4)16(20)23-19)5-6-14(20)18(13,3)10-12(21)15(17)22/h11,13-14,16H,5-10H2,1-4H3/t11-,13-,14+,16+,18-,19+,20-/m1/s1. The fourth-order valence-electron chi connectivity index (χ4n) is 8.11. The lowest BCUT2D eigenvalue weighted by atomic mass is 9.40. The normalized spacial score (nSPS) is 59.1. The van der Waals surface area contributed by atoms with E-state index in [-0.39, 0.29) is 22.6 Å². The first kappa shape index (κ1) is 14.6. The zero-order valence-electron chi connectivity index (χ0n) is 14.8. The molecular formula is C20H28O3. The van der Waals surface area contributed by atoms with Gasteiger partial charge in [-0.2, -0.15) is 0 Å². The molecule has 3 nitrogen and oxygen atoms in total. The second-order valence-corrected chi connectivity index (χ2v) is 10.2. The lowest BCUT2D eigenvalue weighted by Crippen LogP contribution is -2.61. The predicted molar refractivity (Wildman–Crippen MR) is 85.8 cm³/mol. The maximum Gasteiger partial charge on any atom is 0.204 e. The van der Waals surface area contributed by atoms with Gasteiger partial charge in [-0.15, -0.1) is 0 Å². The van der Waals surface area contributed by atoms with Crippen molar-refractivity contribution < 1.29 is 14.3 Å². The molecule has 3 heteroatoms. The number of fused-ring (bicyclic) bond motifs is 5. The van der Waals surface area contributed by atoms with Gasteiger partial charge in [0.05, 0.1) is 11.7 Å². The summed E-state index contributed by atoms with van der Waals surface area (Å²) in [7, 11) is 0. The second kappa shape index (κ2) is 3.76. The topological polar surface area (TPSA) is 46.7 Å². The molecule has 5 fully saturated rings. The molecule has 1 aliphatic heterocycles. The van der Waals surface area contributed by atoms with Crippen molar-refractivity contribution in [3.05, 3.63) is 0 Å². The minimum absolute atomic E-state index is 0.0189. The summed E-state index contributed by atoms with van der Waals surface area (Å²) in [6.45, 7) is 8.68. The number of rotatable bonds is 0. The van der Waals surface area contributed by atoms with Crippen LogP contribution in [0.5, 0.6) is 0 Å². The molecule has 4 aliphatic carbocycles. The van der Waals surface area contributed by atoms with E-state index in [1.807, 2.05) is 13.8 Å². The highest BCUT2D eigenvalue weighted by Gasteiger charge is 2.79. The molecule has 0 radical (unpaired) electrons. The predicted octanol–water partition coefficient (Wildman–Crippen LogP) is 3.54. The number of epoxide rings is 1. The van der Waals surface area contributed by atoms with E-state index in [1.165, 1.54) is 25.7 Å². The molecule has 0 aromatic heterocycles. The molecule has 5 aliphatic rings. The van der Waals surface area contributed by atoms with Crippen molar-refractivity contribution in [1.82, 2.24) is 0 Å². The maximum absolute atomic E-state index is 12.5. The van der Waals surface area contributed by atoms with Gasteiger partial charge in [-0.25, -0.2) is 0 Å². The Hall–Kier alpha value is -0.700. The third kappa shape index (κ3) is 1.40. The summed E-state index contributed by atoms with van der Waals surface area (Å²) in [5.74, 6) is 1.38. The lowest BCUT2D eigenvalue weighted by Gasteiger charge is -2.63. The fourth-order valence-corrected chi connectivity index (χ4v) is 8.11. The first-order valence-electron chi connectivity index (χ1n) is 9.42. The fraction of sp³-hybridized carbons (Fsp3) is 0.900. The Kier molecular flexibility index (Phi) is 2.39. The van der Waals surface area contributed by atoms with Gasteiger partial charge >= 0.3 is 0 Å². The summed E-state index contributed by atoms with van der Waals surface area (Å²) in [5, 5.41) is 0. The van der Waals surface area contributed by atoms with E-state index < -0.39 is 5.41 Å². The molecule has 7 atom stereocenters. The molecule has 0 N–H and O–H groups in total. The van der Waals surface area contributed by atoms with Gasteiger partial charge in [0.15, 0.2) is 5.78 Å². The van der Waals surface area contributed by atoms with Crippen molar-refractivity contribution in [2.24, 2.45) is 34.0 Å². The molecule has 23 heavy (non-hydrogen) atoms. The van der Waals surface area contributed by atoms with Gasteiger partial charge in [0.1, 0.15) is 0 Å². The summed E-state index contributed by atoms with van der Waals surface area (Å²) in [6.07, 6.45) is 6.93. The van der Waals surface area contributed by atoms with Gasteiger partial charge in [0.2, 0.25) is 5.78 Å². The number of carbonyl (C=O) groups excluding carboxylic acids is 2. The molecule has 1 saturated heterocycles. The van der Waals surface area contributed by atoms with Crippen LogP contribution in [0.4, 0.5) is 0 Å². The first-order valence-corrected chi connectivity index (χ1v) is 9.42. The molecule has 126 valence electrons. The third-order valence-corrected chi connectivity index (χ3v) is 9.03. The largest absolute Gasteiger partial charge is 0.365 e. The smallest absolute Gasteiger partial charge is 0.204 e. The van der Waals surface area contributed by atoms with E-state index in [1.54, 1.807) is 0 Å². The monoisotopic (exact) mass is 316 g/mol. The minimum atomic E-state index is -0.491. The molecule has 5 rings (SSSR count). The molecular weight excluding hydrogens is 288 g/mol. The first-order chi connectivity index (χ1) is 10.7. The Labute approximate surface area is 138 Å². The zero-order chi connectivity index (χ0) is 16.4. The van der Waals surface area contributed by atoms with Crippen LogP contribution >= 0.6 is 0 Å². The highest BCUT2D eigenvalue weighted by atomic mass is 16.6. The minimum Gasteiger partial charge on any atom is -0.365 e. The van der Waals surface area contributed by atoms with E-state index in [2.05, 4.69) is 13.8 Å². The van der Waals surface area contributed by atoms with Crippen LogP contribution in [-0.2, 0) is 14.3 Å².